The van der Waals surface area contributed by atoms with Gasteiger partial charge in [-0.3, -0.25) is 4.79 Å². The Balaban J connectivity index is 1.81. The minimum atomic E-state index is -0.123. The lowest BCUT2D eigenvalue weighted by Crippen LogP contribution is -2.23. The van der Waals surface area contributed by atoms with Gasteiger partial charge in [-0.25, -0.2) is 0 Å². The summed E-state index contributed by atoms with van der Waals surface area (Å²) in [7, 11) is 0. The normalized spacial score (nSPS) is 21.3. The van der Waals surface area contributed by atoms with Crippen molar-refractivity contribution in [2.24, 2.45) is 4.99 Å². The summed E-state index contributed by atoms with van der Waals surface area (Å²) >= 11 is 4.98. The maximum absolute atomic E-state index is 11.9. The number of aliphatic imine (C=N–C) groups is 1. The van der Waals surface area contributed by atoms with E-state index in [1.165, 1.54) is 24.6 Å². The number of hydrogen-bond donors (Lipinski definition) is 0. The fourth-order valence-electron chi connectivity index (χ4n) is 2.18. The van der Waals surface area contributed by atoms with Crippen LogP contribution in [0.25, 0.3) is 6.08 Å². The molecule has 3 rings (SSSR count). The lowest BCUT2D eigenvalue weighted by Gasteiger charge is -2.14. The molecule has 1 amide bonds. The van der Waals surface area contributed by atoms with Crippen LogP contribution in [-0.4, -0.2) is 29.1 Å². The second-order valence-electron chi connectivity index (χ2n) is 4.53. The highest BCUT2D eigenvalue weighted by Gasteiger charge is 2.27. The van der Waals surface area contributed by atoms with Gasteiger partial charge in [0.25, 0.3) is 5.91 Å². The topological polar surface area (TPSA) is 32.7 Å². The van der Waals surface area contributed by atoms with Crippen LogP contribution < -0.4 is 0 Å². The van der Waals surface area contributed by atoms with Crippen LogP contribution in [0.3, 0.4) is 0 Å². The van der Waals surface area contributed by atoms with Crippen LogP contribution >= 0.6 is 27.7 Å². The third-order valence-electron chi connectivity index (χ3n) is 3.18. The van der Waals surface area contributed by atoms with Crippen molar-refractivity contribution in [1.29, 1.82) is 0 Å². The van der Waals surface area contributed by atoms with Crippen LogP contribution in [0.15, 0.2) is 38.6 Å². The highest BCUT2D eigenvalue weighted by molar-refractivity contribution is 9.10. The Hall–Kier alpha value is -1.07. The van der Waals surface area contributed by atoms with Gasteiger partial charge in [0.1, 0.15) is 0 Å². The average Bonchev–Trinajstić information content (AvgIpc) is 3.02. The van der Waals surface area contributed by atoms with Gasteiger partial charge in [-0.2, -0.15) is 4.99 Å². The zero-order valence-corrected chi connectivity index (χ0v) is 12.7. The molecule has 1 aromatic carbocycles. The van der Waals surface area contributed by atoms with E-state index in [2.05, 4.69) is 25.8 Å². The Kier molecular flexibility index (Phi) is 3.75. The summed E-state index contributed by atoms with van der Waals surface area (Å²) in [6.45, 7) is 2.03. The summed E-state index contributed by atoms with van der Waals surface area (Å²) in [6.07, 6.45) is 4.29. The zero-order valence-electron chi connectivity index (χ0n) is 10.3. The number of thioether (sulfide) groups is 1. The van der Waals surface area contributed by atoms with Gasteiger partial charge in [0.15, 0.2) is 5.17 Å². The Morgan fingerprint density at radius 1 is 1.26 bits per heavy atom. The highest BCUT2D eigenvalue weighted by Crippen LogP contribution is 2.32. The van der Waals surface area contributed by atoms with E-state index in [9.17, 15) is 4.79 Å². The fraction of sp³-hybridized carbons (Fsp3) is 0.286. The minimum Gasteiger partial charge on any atom is -0.351 e. The molecule has 0 spiro atoms. The second kappa shape index (κ2) is 5.51. The fourth-order valence-corrected chi connectivity index (χ4v) is 3.53. The van der Waals surface area contributed by atoms with Gasteiger partial charge >= 0.3 is 0 Å². The summed E-state index contributed by atoms with van der Waals surface area (Å²) in [6, 6.07) is 7.88. The first kappa shape index (κ1) is 12.9. The first-order chi connectivity index (χ1) is 9.24. The van der Waals surface area contributed by atoms with Crippen molar-refractivity contribution in [3.63, 3.8) is 0 Å². The van der Waals surface area contributed by atoms with Crippen LogP contribution in [0.2, 0.25) is 0 Å². The molecule has 19 heavy (non-hydrogen) atoms. The third-order valence-corrected chi connectivity index (χ3v) is 4.94. The molecule has 2 aliphatic rings. The Morgan fingerprint density at radius 2 is 2.00 bits per heavy atom. The summed E-state index contributed by atoms with van der Waals surface area (Å²) in [5.74, 6) is -0.123. The molecule has 5 heteroatoms. The summed E-state index contributed by atoms with van der Waals surface area (Å²) in [4.78, 5) is 19.0. The molecule has 98 valence electrons. The van der Waals surface area contributed by atoms with Crippen molar-refractivity contribution >= 4 is 44.8 Å². The number of halogens is 1. The number of carbonyl (C=O) groups excluding carboxylic acids is 1. The molecule has 0 aromatic heterocycles. The number of likely N-dealkylation sites (tertiary alicyclic amines) is 1. The Morgan fingerprint density at radius 3 is 2.74 bits per heavy atom. The number of carbonyl (C=O) groups is 1. The van der Waals surface area contributed by atoms with Crippen molar-refractivity contribution in [3.8, 4) is 0 Å². The molecule has 0 atom stereocenters. The van der Waals surface area contributed by atoms with E-state index in [0.717, 1.165) is 28.3 Å². The van der Waals surface area contributed by atoms with Crippen LogP contribution in [0.1, 0.15) is 18.4 Å². The van der Waals surface area contributed by atoms with Crippen LogP contribution in [-0.2, 0) is 4.79 Å². The average molecular weight is 337 g/mol. The second-order valence-corrected chi connectivity index (χ2v) is 6.39. The molecule has 0 unspecified atom stereocenters. The first-order valence-corrected chi connectivity index (χ1v) is 7.87. The molecule has 3 nitrogen and oxygen atoms in total. The maximum atomic E-state index is 11.9. The van der Waals surface area contributed by atoms with E-state index in [4.69, 9.17) is 0 Å². The SMILES string of the molecule is O=C1N=C(N2CCCC2)S/C1=C/c1ccccc1Br. The van der Waals surface area contributed by atoms with Crippen molar-refractivity contribution < 1.29 is 4.79 Å². The van der Waals surface area contributed by atoms with E-state index >= 15 is 0 Å². The number of amides is 1. The van der Waals surface area contributed by atoms with E-state index in [-0.39, 0.29) is 5.91 Å². The van der Waals surface area contributed by atoms with E-state index in [0.29, 0.717) is 4.91 Å². The van der Waals surface area contributed by atoms with Gasteiger partial charge in [-0.15, -0.1) is 0 Å². The van der Waals surface area contributed by atoms with E-state index in [1.807, 2.05) is 30.3 Å². The highest BCUT2D eigenvalue weighted by atomic mass is 79.9. The monoisotopic (exact) mass is 336 g/mol. The summed E-state index contributed by atoms with van der Waals surface area (Å²) in [5, 5.41) is 0.862. The van der Waals surface area contributed by atoms with E-state index in [1.54, 1.807) is 0 Å². The predicted octanol–water partition coefficient (Wildman–Crippen LogP) is 3.52. The molecule has 1 fully saturated rings. The molecular formula is C14H13BrN2OS. The Labute approximate surface area is 124 Å². The van der Waals surface area contributed by atoms with Gasteiger partial charge in [0.2, 0.25) is 0 Å². The van der Waals surface area contributed by atoms with Gasteiger partial charge < -0.3 is 4.90 Å². The van der Waals surface area contributed by atoms with Gasteiger partial charge in [-0.1, -0.05) is 34.1 Å². The van der Waals surface area contributed by atoms with Crippen molar-refractivity contribution in [1.82, 2.24) is 4.90 Å². The quantitative estimate of drug-likeness (QED) is 0.735. The zero-order chi connectivity index (χ0) is 13.2. The largest absolute Gasteiger partial charge is 0.351 e. The summed E-state index contributed by atoms with van der Waals surface area (Å²) in [5.41, 5.74) is 1.01. The third kappa shape index (κ3) is 2.77. The van der Waals surface area contributed by atoms with Crippen LogP contribution in [0.5, 0.6) is 0 Å². The molecule has 0 bridgehead atoms. The number of benzene rings is 1. The minimum absolute atomic E-state index is 0.123. The number of amidine groups is 1. The van der Waals surface area contributed by atoms with Crippen LogP contribution in [0.4, 0.5) is 0 Å². The standard InChI is InChI=1S/C14H13BrN2OS/c15-11-6-2-1-5-10(11)9-12-13(18)16-14(19-12)17-7-3-4-8-17/h1-2,5-6,9H,3-4,7-8H2/b12-9+. The molecule has 0 N–H and O–H groups in total. The van der Waals surface area contributed by atoms with E-state index < -0.39 is 0 Å². The lowest BCUT2D eigenvalue weighted by atomic mass is 10.2. The number of nitrogens with zero attached hydrogens (tertiary/aromatic N) is 2. The van der Waals surface area contributed by atoms with Gasteiger partial charge in [-0.05, 0) is 42.3 Å². The smallest absolute Gasteiger partial charge is 0.286 e. The molecule has 0 saturated carbocycles. The van der Waals surface area contributed by atoms with Gasteiger partial charge in [0, 0.05) is 17.6 Å². The molecule has 2 aliphatic heterocycles. The van der Waals surface area contributed by atoms with Crippen molar-refractivity contribution in [2.75, 3.05) is 13.1 Å². The van der Waals surface area contributed by atoms with Crippen LogP contribution in [0, 0.1) is 0 Å². The van der Waals surface area contributed by atoms with Gasteiger partial charge in [0.05, 0.1) is 4.91 Å². The molecule has 1 saturated heterocycles. The summed E-state index contributed by atoms with van der Waals surface area (Å²) < 4.78 is 0.991. The molecule has 1 aromatic rings. The first-order valence-electron chi connectivity index (χ1n) is 6.26. The molecule has 0 radical (unpaired) electrons. The Bertz CT molecular complexity index is 577. The molecular weight excluding hydrogens is 324 g/mol. The van der Waals surface area contributed by atoms with Crippen molar-refractivity contribution in [3.05, 3.63) is 39.2 Å². The number of rotatable bonds is 1. The molecule has 2 heterocycles. The van der Waals surface area contributed by atoms with Crippen molar-refractivity contribution in [2.45, 2.75) is 12.8 Å². The maximum Gasteiger partial charge on any atom is 0.286 e. The predicted molar refractivity (Wildman–Crippen MR) is 83.0 cm³/mol. The number of hydrogen-bond acceptors (Lipinski definition) is 3. The molecule has 0 aliphatic carbocycles. The lowest BCUT2D eigenvalue weighted by molar-refractivity contribution is -0.113.